The Morgan fingerprint density at radius 3 is 3.15 bits per heavy atom. The fraction of sp³-hybridized carbons (Fsp3) is 0.316. The number of pyridine rings is 1. The lowest BCUT2D eigenvalue weighted by Gasteiger charge is -2.24. The summed E-state index contributed by atoms with van der Waals surface area (Å²) in [7, 11) is 0. The van der Waals surface area contributed by atoms with Crippen LogP contribution in [0.2, 0.25) is 5.02 Å². The number of nitrogens with two attached hydrogens (primary N) is 1. The molecule has 1 atom stereocenters. The topological polar surface area (TPSA) is 85.8 Å². The van der Waals surface area contributed by atoms with Gasteiger partial charge >= 0.3 is 0 Å². The van der Waals surface area contributed by atoms with Gasteiger partial charge in [0.1, 0.15) is 0 Å². The second-order valence-electron chi connectivity index (χ2n) is 6.72. The summed E-state index contributed by atoms with van der Waals surface area (Å²) in [4.78, 5) is 16.0. The zero-order valence-corrected chi connectivity index (χ0v) is 15.0. The fourth-order valence-electron chi connectivity index (χ4n) is 3.65. The number of benzene rings is 1. The van der Waals surface area contributed by atoms with Crippen LogP contribution < -0.4 is 11.1 Å². The van der Waals surface area contributed by atoms with Gasteiger partial charge in [0.2, 0.25) is 0 Å². The third-order valence-electron chi connectivity index (χ3n) is 4.94. The quantitative estimate of drug-likeness (QED) is 0.723. The molecule has 1 aliphatic rings. The number of nitrogens with zero attached hydrogens (tertiary/aromatic N) is 3. The van der Waals surface area contributed by atoms with Crippen molar-refractivity contribution in [1.82, 2.24) is 20.1 Å². The summed E-state index contributed by atoms with van der Waals surface area (Å²) >= 11 is 6.23. The van der Waals surface area contributed by atoms with E-state index in [1.165, 1.54) is 0 Å². The van der Waals surface area contributed by atoms with Gasteiger partial charge in [-0.2, -0.15) is 5.10 Å². The van der Waals surface area contributed by atoms with Crippen LogP contribution in [0.3, 0.4) is 0 Å². The Morgan fingerprint density at radius 2 is 2.31 bits per heavy atom. The number of carbonyl (C=O) groups excluding carboxylic acids is 1. The van der Waals surface area contributed by atoms with Crippen molar-refractivity contribution < 1.29 is 4.79 Å². The molecule has 3 N–H and O–H groups in total. The molecule has 0 aliphatic carbocycles. The van der Waals surface area contributed by atoms with E-state index in [0.717, 1.165) is 53.1 Å². The Balaban J connectivity index is 1.43. The van der Waals surface area contributed by atoms with Crippen LogP contribution in [0.15, 0.2) is 36.7 Å². The molecule has 3 aromatic rings. The van der Waals surface area contributed by atoms with E-state index in [1.807, 2.05) is 28.9 Å². The highest BCUT2D eigenvalue weighted by atomic mass is 35.5. The summed E-state index contributed by atoms with van der Waals surface area (Å²) in [6.07, 6.45) is 5.21. The number of carbonyl (C=O) groups is 1. The molecule has 0 unspecified atom stereocenters. The molecule has 1 aliphatic heterocycles. The predicted octanol–water partition coefficient (Wildman–Crippen LogP) is 2.54. The number of amides is 1. The maximum absolute atomic E-state index is 11.5. The fourth-order valence-corrected chi connectivity index (χ4v) is 3.90. The van der Waals surface area contributed by atoms with Gasteiger partial charge in [0, 0.05) is 29.7 Å². The first-order valence-electron chi connectivity index (χ1n) is 8.70. The molecule has 0 saturated heterocycles. The van der Waals surface area contributed by atoms with Crippen LogP contribution in [0.4, 0.5) is 0 Å². The molecule has 26 heavy (non-hydrogen) atoms. The van der Waals surface area contributed by atoms with Crippen molar-refractivity contribution in [3.63, 3.8) is 0 Å². The Kier molecular flexibility index (Phi) is 4.61. The predicted molar refractivity (Wildman–Crippen MR) is 101 cm³/mol. The molecule has 2 aromatic heterocycles. The molecule has 7 heteroatoms. The largest absolute Gasteiger partial charge is 0.365 e. The van der Waals surface area contributed by atoms with E-state index in [-0.39, 0.29) is 0 Å². The van der Waals surface area contributed by atoms with Crippen LogP contribution in [-0.2, 0) is 19.5 Å². The van der Waals surface area contributed by atoms with E-state index in [2.05, 4.69) is 15.4 Å². The van der Waals surface area contributed by atoms with Crippen LogP contribution in [0.25, 0.3) is 10.9 Å². The summed E-state index contributed by atoms with van der Waals surface area (Å²) in [6, 6.07) is 7.83. The molecule has 3 heterocycles. The number of primary amides is 1. The van der Waals surface area contributed by atoms with Gasteiger partial charge in [0.15, 0.2) is 0 Å². The van der Waals surface area contributed by atoms with Gasteiger partial charge in [-0.3, -0.25) is 14.5 Å². The number of aryl methyl sites for hydroxylation is 1. The second kappa shape index (κ2) is 7.05. The number of aromatic nitrogens is 3. The first-order chi connectivity index (χ1) is 12.6. The minimum atomic E-state index is -0.406. The lowest BCUT2D eigenvalue weighted by molar-refractivity contribution is 0.0998. The molecule has 0 fully saturated rings. The molecule has 0 spiro atoms. The third kappa shape index (κ3) is 3.30. The Labute approximate surface area is 156 Å². The van der Waals surface area contributed by atoms with Crippen LogP contribution >= 0.6 is 11.6 Å². The maximum atomic E-state index is 11.5. The smallest absolute Gasteiger partial charge is 0.252 e. The van der Waals surface area contributed by atoms with Crippen LogP contribution in [0.1, 0.15) is 28.0 Å². The number of hydrogen-bond donors (Lipinski definition) is 2. The first-order valence-corrected chi connectivity index (χ1v) is 9.08. The molecule has 0 radical (unpaired) electrons. The normalized spacial score (nSPS) is 16.6. The monoisotopic (exact) mass is 369 g/mol. The Morgan fingerprint density at radius 1 is 1.42 bits per heavy atom. The SMILES string of the molecule is NC(=O)c1cnn2c1C[C@H](CNCc1cc(Cl)cc3cccnc13)CC2. The third-order valence-corrected chi connectivity index (χ3v) is 5.16. The molecule has 1 amide bonds. The number of rotatable bonds is 5. The van der Waals surface area contributed by atoms with E-state index in [0.29, 0.717) is 18.0 Å². The van der Waals surface area contributed by atoms with Crippen molar-refractivity contribution >= 4 is 28.4 Å². The standard InChI is InChI=1S/C19H20ClN5O/c20-15-7-13-2-1-4-23-18(13)14(8-15)10-22-9-12-3-5-25-17(6-12)16(11-24-25)19(21)26/h1-2,4,7-8,11-12,22H,3,5-6,9-10H2,(H2,21,26)/t12-/m1/s1. The van der Waals surface area contributed by atoms with Crippen molar-refractivity contribution in [2.45, 2.75) is 25.9 Å². The molecule has 6 nitrogen and oxygen atoms in total. The molecule has 134 valence electrons. The van der Waals surface area contributed by atoms with Crippen molar-refractivity contribution in [2.75, 3.05) is 6.54 Å². The van der Waals surface area contributed by atoms with Crippen molar-refractivity contribution in [1.29, 1.82) is 0 Å². The Bertz CT molecular complexity index is 968. The van der Waals surface area contributed by atoms with Gasteiger partial charge < -0.3 is 11.1 Å². The lowest BCUT2D eigenvalue weighted by atomic mass is 9.94. The van der Waals surface area contributed by atoms with Crippen molar-refractivity contribution in [2.24, 2.45) is 11.7 Å². The summed E-state index contributed by atoms with van der Waals surface area (Å²) < 4.78 is 1.89. The lowest BCUT2D eigenvalue weighted by Crippen LogP contribution is -2.30. The number of nitrogens with one attached hydrogen (secondary N) is 1. The highest BCUT2D eigenvalue weighted by Crippen LogP contribution is 2.24. The van der Waals surface area contributed by atoms with Gasteiger partial charge in [-0.1, -0.05) is 17.7 Å². The first kappa shape index (κ1) is 17.0. The van der Waals surface area contributed by atoms with E-state index in [1.54, 1.807) is 12.4 Å². The summed E-state index contributed by atoms with van der Waals surface area (Å²) in [6.45, 7) is 2.37. The molecule has 1 aromatic carbocycles. The molecule has 4 rings (SSSR count). The number of fused-ring (bicyclic) bond motifs is 2. The number of halogens is 1. The number of hydrogen-bond acceptors (Lipinski definition) is 4. The Hall–Kier alpha value is -2.44. The summed E-state index contributed by atoms with van der Waals surface area (Å²) in [5, 5.41) is 9.54. The van der Waals surface area contributed by atoms with Gasteiger partial charge in [0.05, 0.1) is 23.0 Å². The van der Waals surface area contributed by atoms with Gasteiger partial charge in [0.25, 0.3) is 5.91 Å². The zero-order chi connectivity index (χ0) is 18.1. The van der Waals surface area contributed by atoms with Gasteiger partial charge in [-0.05, 0) is 49.1 Å². The average molecular weight is 370 g/mol. The zero-order valence-electron chi connectivity index (χ0n) is 14.3. The van der Waals surface area contributed by atoms with E-state index in [4.69, 9.17) is 17.3 Å². The summed E-state index contributed by atoms with van der Waals surface area (Å²) in [5.41, 5.74) is 9.00. The second-order valence-corrected chi connectivity index (χ2v) is 7.16. The highest BCUT2D eigenvalue weighted by Gasteiger charge is 2.24. The average Bonchev–Trinajstić information content (AvgIpc) is 3.05. The molecular weight excluding hydrogens is 350 g/mol. The minimum absolute atomic E-state index is 0.406. The maximum Gasteiger partial charge on any atom is 0.252 e. The van der Waals surface area contributed by atoms with Gasteiger partial charge in [-0.25, -0.2) is 0 Å². The highest BCUT2D eigenvalue weighted by molar-refractivity contribution is 6.31. The van der Waals surface area contributed by atoms with E-state index in [9.17, 15) is 4.79 Å². The van der Waals surface area contributed by atoms with E-state index >= 15 is 0 Å². The van der Waals surface area contributed by atoms with Crippen LogP contribution in [-0.4, -0.2) is 27.2 Å². The minimum Gasteiger partial charge on any atom is -0.365 e. The van der Waals surface area contributed by atoms with Crippen molar-refractivity contribution in [3.05, 3.63) is 58.5 Å². The summed E-state index contributed by atoms with van der Waals surface area (Å²) in [5.74, 6) is 0.0343. The van der Waals surface area contributed by atoms with Crippen molar-refractivity contribution in [3.8, 4) is 0 Å². The molecular formula is C19H20ClN5O. The van der Waals surface area contributed by atoms with Crippen LogP contribution in [0.5, 0.6) is 0 Å². The van der Waals surface area contributed by atoms with E-state index < -0.39 is 5.91 Å². The van der Waals surface area contributed by atoms with Gasteiger partial charge in [-0.15, -0.1) is 0 Å². The van der Waals surface area contributed by atoms with Crippen LogP contribution in [0, 0.1) is 5.92 Å². The molecule has 0 bridgehead atoms. The molecule has 0 saturated carbocycles.